The lowest BCUT2D eigenvalue weighted by Crippen LogP contribution is -2.44. The third kappa shape index (κ3) is 8.36. The van der Waals surface area contributed by atoms with Gasteiger partial charge in [0.05, 0.1) is 28.0 Å². The summed E-state index contributed by atoms with van der Waals surface area (Å²) in [5.41, 5.74) is 18.1. The van der Waals surface area contributed by atoms with Gasteiger partial charge in [-0.05, 0) is 49.6 Å². The first-order chi connectivity index (χ1) is 17.7. The molecule has 196 valence electrons. The number of hydrogen-bond donors (Lipinski definition) is 4. The van der Waals surface area contributed by atoms with E-state index in [9.17, 15) is 9.59 Å². The number of nitrogens with two attached hydrogens (primary N) is 3. The van der Waals surface area contributed by atoms with Crippen molar-refractivity contribution in [3.63, 3.8) is 0 Å². The minimum absolute atomic E-state index is 0.0345. The zero-order valence-electron chi connectivity index (χ0n) is 19.9. The Kier molecular flexibility index (Phi) is 10.1. The van der Waals surface area contributed by atoms with E-state index >= 15 is 0 Å². The molecule has 0 aliphatic rings. The third-order valence-corrected chi connectivity index (χ3v) is 5.94. The maximum atomic E-state index is 12.4. The van der Waals surface area contributed by atoms with Crippen molar-refractivity contribution in [3.8, 4) is 22.8 Å². The summed E-state index contributed by atoms with van der Waals surface area (Å²) in [6.07, 6.45) is 4.71. The highest BCUT2D eigenvalue weighted by molar-refractivity contribution is 6.42. The third-order valence-electron chi connectivity index (χ3n) is 5.20. The molecule has 2 aromatic heterocycles. The van der Waals surface area contributed by atoms with Crippen LogP contribution in [0.3, 0.4) is 0 Å². The molecule has 0 radical (unpaired) electrons. The Morgan fingerprint density at radius 2 is 1.92 bits per heavy atom. The van der Waals surface area contributed by atoms with Crippen LogP contribution in [0.1, 0.15) is 25.7 Å². The molecular formula is C24H28Cl2N8O3. The van der Waals surface area contributed by atoms with Crippen LogP contribution in [0.4, 0.5) is 0 Å². The standard InChI is InChI=1S/C24H28Cl2N8O3/c25-17-8-7-16(12-18(17)26)34-22(13-20(33-34)15-4-1-9-30-14-15)37-11-3-6-21(35)32-19(23(27)36)5-2-10-31-24(28)29/h1,4,7-9,12-14,19H,2-3,5-6,10-11H2,(H2,27,36)(H,32,35)(H4,28,29,31)/t19-/m0/s1. The number of carbonyl (C=O) groups excluding carboxylic acids is 2. The van der Waals surface area contributed by atoms with Crippen LogP contribution in [0.5, 0.6) is 5.88 Å². The van der Waals surface area contributed by atoms with Crippen LogP contribution in [0.15, 0.2) is 53.8 Å². The van der Waals surface area contributed by atoms with Crippen molar-refractivity contribution in [3.05, 3.63) is 58.8 Å². The number of guanidine groups is 1. The van der Waals surface area contributed by atoms with Crippen LogP contribution < -0.4 is 27.3 Å². The molecule has 37 heavy (non-hydrogen) atoms. The molecule has 1 aromatic carbocycles. The molecule has 2 amide bonds. The molecule has 7 N–H and O–H groups in total. The number of primary amides is 1. The number of halogens is 2. The van der Waals surface area contributed by atoms with E-state index in [1.165, 1.54) is 0 Å². The summed E-state index contributed by atoms with van der Waals surface area (Å²) in [6, 6.07) is 9.79. The van der Waals surface area contributed by atoms with Crippen LogP contribution in [-0.4, -0.2) is 51.7 Å². The van der Waals surface area contributed by atoms with E-state index in [0.29, 0.717) is 53.1 Å². The van der Waals surface area contributed by atoms with E-state index in [2.05, 4.69) is 20.4 Å². The number of aromatic nitrogens is 3. The summed E-state index contributed by atoms with van der Waals surface area (Å²) in [5.74, 6) is -0.522. The van der Waals surface area contributed by atoms with Crippen LogP contribution in [0.25, 0.3) is 16.9 Å². The van der Waals surface area contributed by atoms with Gasteiger partial charge < -0.3 is 27.3 Å². The fraction of sp³-hybridized carbons (Fsp3) is 0.292. The van der Waals surface area contributed by atoms with E-state index in [1.807, 2.05) is 12.1 Å². The lowest BCUT2D eigenvalue weighted by atomic mass is 10.1. The Labute approximate surface area is 224 Å². The predicted molar refractivity (Wildman–Crippen MR) is 143 cm³/mol. The largest absolute Gasteiger partial charge is 0.478 e. The monoisotopic (exact) mass is 546 g/mol. The van der Waals surface area contributed by atoms with Crippen LogP contribution in [-0.2, 0) is 9.59 Å². The maximum absolute atomic E-state index is 12.4. The average molecular weight is 547 g/mol. The molecule has 13 heteroatoms. The first-order valence-corrected chi connectivity index (χ1v) is 12.2. The topological polar surface area (TPSA) is 177 Å². The molecule has 0 fully saturated rings. The first kappa shape index (κ1) is 27.8. The van der Waals surface area contributed by atoms with Gasteiger partial charge in [0.25, 0.3) is 0 Å². The average Bonchev–Trinajstić information content (AvgIpc) is 3.30. The molecule has 0 unspecified atom stereocenters. The molecule has 2 heterocycles. The molecule has 11 nitrogen and oxygen atoms in total. The number of carbonyl (C=O) groups is 2. The Hall–Kier alpha value is -3.83. The summed E-state index contributed by atoms with van der Waals surface area (Å²) in [4.78, 5) is 32.0. The molecule has 0 aliphatic heterocycles. The van der Waals surface area contributed by atoms with Gasteiger partial charge in [-0.1, -0.05) is 23.2 Å². The normalized spacial score (nSPS) is 11.5. The van der Waals surface area contributed by atoms with Crippen LogP contribution >= 0.6 is 23.2 Å². The molecular weight excluding hydrogens is 519 g/mol. The first-order valence-electron chi connectivity index (χ1n) is 11.5. The van der Waals surface area contributed by atoms with Crippen molar-refractivity contribution in [1.82, 2.24) is 20.1 Å². The van der Waals surface area contributed by atoms with Gasteiger partial charge in [-0.25, -0.2) is 4.68 Å². The van der Waals surface area contributed by atoms with Crippen molar-refractivity contribution >= 4 is 41.0 Å². The van der Waals surface area contributed by atoms with E-state index < -0.39 is 11.9 Å². The van der Waals surface area contributed by atoms with Gasteiger partial charge in [-0.15, -0.1) is 0 Å². The van der Waals surface area contributed by atoms with Crippen LogP contribution in [0.2, 0.25) is 10.0 Å². The quantitative estimate of drug-likeness (QED) is 0.144. The summed E-state index contributed by atoms with van der Waals surface area (Å²) < 4.78 is 7.56. The number of amides is 2. The Morgan fingerprint density at radius 3 is 2.59 bits per heavy atom. The highest BCUT2D eigenvalue weighted by atomic mass is 35.5. The number of pyridine rings is 1. The van der Waals surface area contributed by atoms with Crippen LogP contribution in [0, 0.1) is 0 Å². The van der Waals surface area contributed by atoms with Gasteiger partial charge in [-0.3, -0.25) is 19.6 Å². The van der Waals surface area contributed by atoms with Crippen molar-refractivity contribution in [2.24, 2.45) is 22.2 Å². The number of nitrogens with zero attached hydrogens (tertiary/aromatic N) is 4. The molecule has 3 rings (SSSR count). The maximum Gasteiger partial charge on any atom is 0.240 e. The number of ether oxygens (including phenoxy) is 1. The smallest absolute Gasteiger partial charge is 0.240 e. The van der Waals surface area contributed by atoms with Gasteiger partial charge in [0.1, 0.15) is 6.04 Å². The van der Waals surface area contributed by atoms with Gasteiger partial charge in [-0.2, -0.15) is 5.10 Å². The summed E-state index contributed by atoms with van der Waals surface area (Å²) in [5, 5.41) is 8.08. The molecule has 1 atom stereocenters. The number of nitrogens with one attached hydrogen (secondary N) is 1. The summed E-state index contributed by atoms with van der Waals surface area (Å²) >= 11 is 12.3. The number of aliphatic imine (C=N–C) groups is 1. The highest BCUT2D eigenvalue weighted by Gasteiger charge is 2.18. The van der Waals surface area contributed by atoms with Crippen molar-refractivity contribution < 1.29 is 14.3 Å². The lowest BCUT2D eigenvalue weighted by molar-refractivity contribution is -0.127. The minimum Gasteiger partial charge on any atom is -0.478 e. The zero-order chi connectivity index (χ0) is 26.8. The highest BCUT2D eigenvalue weighted by Crippen LogP contribution is 2.29. The lowest BCUT2D eigenvalue weighted by Gasteiger charge is -2.15. The second-order valence-corrected chi connectivity index (χ2v) is 8.86. The Morgan fingerprint density at radius 1 is 1.11 bits per heavy atom. The second kappa shape index (κ2) is 13.5. The predicted octanol–water partition coefficient (Wildman–Crippen LogP) is 2.42. The van der Waals surface area contributed by atoms with Crippen molar-refractivity contribution in [1.29, 1.82) is 0 Å². The molecule has 3 aromatic rings. The molecule has 0 spiro atoms. The molecule has 0 saturated heterocycles. The van der Waals surface area contributed by atoms with Gasteiger partial charge in [0.2, 0.25) is 17.7 Å². The van der Waals surface area contributed by atoms with Gasteiger partial charge >= 0.3 is 0 Å². The Bertz CT molecular complexity index is 1250. The molecule has 0 bridgehead atoms. The molecule has 0 saturated carbocycles. The minimum atomic E-state index is -0.805. The fourth-order valence-electron chi connectivity index (χ4n) is 3.39. The van der Waals surface area contributed by atoms with E-state index in [4.69, 9.17) is 45.1 Å². The zero-order valence-corrected chi connectivity index (χ0v) is 21.5. The van der Waals surface area contributed by atoms with Gasteiger partial charge in [0, 0.05) is 37.0 Å². The van der Waals surface area contributed by atoms with Crippen molar-refractivity contribution in [2.75, 3.05) is 13.2 Å². The van der Waals surface area contributed by atoms with Gasteiger partial charge in [0.15, 0.2) is 5.96 Å². The second-order valence-electron chi connectivity index (χ2n) is 8.04. The number of benzene rings is 1. The van der Waals surface area contributed by atoms with E-state index in [1.54, 1.807) is 41.3 Å². The summed E-state index contributed by atoms with van der Waals surface area (Å²) in [7, 11) is 0. The van der Waals surface area contributed by atoms with E-state index in [0.717, 1.165) is 5.56 Å². The van der Waals surface area contributed by atoms with Crippen molar-refractivity contribution in [2.45, 2.75) is 31.7 Å². The van der Waals surface area contributed by atoms with E-state index in [-0.39, 0.29) is 24.9 Å². The SMILES string of the molecule is NC(=O)[C@H](CCCN=C(N)N)NC(=O)CCCOc1cc(-c2cccnc2)nn1-c1ccc(Cl)c(Cl)c1. The number of rotatable bonds is 13. The Balaban J connectivity index is 1.61. The summed E-state index contributed by atoms with van der Waals surface area (Å²) in [6.45, 7) is 0.558. The molecule has 0 aliphatic carbocycles. The fourth-order valence-corrected chi connectivity index (χ4v) is 3.68. The number of hydrogen-bond acceptors (Lipinski definition) is 6.